The normalized spacial score (nSPS) is 19.5. The van der Waals surface area contributed by atoms with Crippen LogP contribution in [0.5, 0.6) is 0 Å². The average Bonchev–Trinajstić information content (AvgIpc) is 3.46. The zero-order chi connectivity index (χ0) is 25.2. The lowest BCUT2D eigenvalue weighted by Gasteiger charge is -2.24. The Labute approximate surface area is 211 Å². The molecule has 2 aliphatic rings. The van der Waals surface area contributed by atoms with Crippen LogP contribution in [0.25, 0.3) is 0 Å². The van der Waals surface area contributed by atoms with E-state index in [1.807, 2.05) is 60.7 Å². The third-order valence-electron chi connectivity index (χ3n) is 6.14. The van der Waals surface area contributed by atoms with E-state index in [4.69, 9.17) is 15.6 Å². The molecule has 2 heterocycles. The van der Waals surface area contributed by atoms with Gasteiger partial charge >= 0.3 is 5.97 Å². The number of carboxylic acids is 1. The van der Waals surface area contributed by atoms with Crippen LogP contribution >= 0.6 is 11.8 Å². The van der Waals surface area contributed by atoms with Crippen molar-refractivity contribution in [1.29, 1.82) is 5.41 Å². The van der Waals surface area contributed by atoms with Gasteiger partial charge in [0.15, 0.2) is 5.17 Å². The van der Waals surface area contributed by atoms with E-state index in [-0.39, 0.29) is 29.1 Å². The number of imide groups is 1. The number of anilines is 1. The summed E-state index contributed by atoms with van der Waals surface area (Å²) in [4.78, 5) is 38.0. The lowest BCUT2D eigenvalue weighted by molar-refractivity contribution is -0.121. The van der Waals surface area contributed by atoms with Crippen molar-refractivity contribution >= 4 is 46.1 Å². The second kappa shape index (κ2) is 9.79. The lowest BCUT2D eigenvalue weighted by atomic mass is 9.99. The minimum absolute atomic E-state index is 0.0499. The third-order valence-corrected chi connectivity index (χ3v) is 7.20. The minimum Gasteiger partial charge on any atom is -0.478 e. The van der Waals surface area contributed by atoms with Gasteiger partial charge in [0.25, 0.3) is 0 Å². The Kier molecular flexibility index (Phi) is 6.39. The van der Waals surface area contributed by atoms with E-state index in [0.29, 0.717) is 12.1 Å². The molecule has 2 N–H and O–H groups in total. The number of carboxylic acid groups (broad SMARTS) is 1. The SMILES string of the molecule is N=C(S[C@@H]1CC(=O)N(c2ccc(C(=O)O)cc2)C1=O)N1N=C(c2ccccc2)C[C@@H]1c1ccccc1. The van der Waals surface area contributed by atoms with Crippen molar-refractivity contribution in [2.24, 2.45) is 5.10 Å². The number of carbonyl (C=O) groups is 3. The highest BCUT2D eigenvalue weighted by Crippen LogP contribution is 2.37. The number of hydrogen-bond donors (Lipinski definition) is 2. The van der Waals surface area contributed by atoms with E-state index in [9.17, 15) is 14.4 Å². The summed E-state index contributed by atoms with van der Waals surface area (Å²) in [6, 6.07) is 25.0. The Morgan fingerprint density at radius 3 is 2.19 bits per heavy atom. The van der Waals surface area contributed by atoms with Crippen molar-refractivity contribution in [2.75, 3.05) is 4.90 Å². The molecule has 8 nitrogen and oxygen atoms in total. The van der Waals surface area contributed by atoms with Crippen LogP contribution in [-0.4, -0.2) is 44.0 Å². The van der Waals surface area contributed by atoms with Crippen molar-refractivity contribution < 1.29 is 19.5 Å². The Balaban J connectivity index is 1.37. The molecule has 2 atom stereocenters. The van der Waals surface area contributed by atoms with Gasteiger partial charge in [-0.05, 0) is 35.4 Å². The molecular weight excluding hydrogens is 476 g/mol. The summed E-state index contributed by atoms with van der Waals surface area (Å²) >= 11 is 1.01. The van der Waals surface area contributed by atoms with Crippen LogP contribution < -0.4 is 4.90 Å². The average molecular weight is 499 g/mol. The monoisotopic (exact) mass is 498 g/mol. The quantitative estimate of drug-likeness (QED) is 0.303. The highest BCUT2D eigenvalue weighted by Gasteiger charge is 2.42. The summed E-state index contributed by atoms with van der Waals surface area (Å²) in [6.45, 7) is 0. The van der Waals surface area contributed by atoms with Crippen molar-refractivity contribution in [1.82, 2.24) is 5.01 Å². The first-order valence-corrected chi connectivity index (χ1v) is 12.2. The summed E-state index contributed by atoms with van der Waals surface area (Å²) in [5, 5.41) is 23.6. The van der Waals surface area contributed by atoms with Crippen LogP contribution in [0.15, 0.2) is 90.0 Å². The van der Waals surface area contributed by atoms with E-state index in [0.717, 1.165) is 33.5 Å². The first-order chi connectivity index (χ1) is 17.4. The molecule has 180 valence electrons. The first-order valence-electron chi connectivity index (χ1n) is 11.3. The van der Waals surface area contributed by atoms with Crippen LogP contribution in [0.2, 0.25) is 0 Å². The van der Waals surface area contributed by atoms with E-state index in [1.165, 1.54) is 24.3 Å². The van der Waals surface area contributed by atoms with E-state index in [2.05, 4.69) is 0 Å². The van der Waals surface area contributed by atoms with Gasteiger partial charge in [0.1, 0.15) is 5.25 Å². The molecule has 2 amide bonds. The number of nitrogens with one attached hydrogen (secondary N) is 1. The Morgan fingerprint density at radius 2 is 1.56 bits per heavy atom. The number of rotatable bonds is 5. The van der Waals surface area contributed by atoms with Gasteiger partial charge in [-0.2, -0.15) is 5.10 Å². The number of thioether (sulfide) groups is 1. The Bertz CT molecular complexity index is 1360. The van der Waals surface area contributed by atoms with Crippen LogP contribution in [-0.2, 0) is 9.59 Å². The molecule has 0 aliphatic carbocycles. The Morgan fingerprint density at radius 1 is 0.917 bits per heavy atom. The van der Waals surface area contributed by atoms with Gasteiger partial charge in [-0.3, -0.25) is 15.0 Å². The standard InChI is InChI=1S/C27H22N4O4S/c28-27(36-23-16-24(32)30(25(23)33)20-13-11-19(12-14-20)26(34)35)31-22(18-9-5-2-6-10-18)15-21(29-31)17-7-3-1-4-8-17/h1-14,22-23,28H,15-16H2,(H,34,35)/t22-,23-/m1/s1. The number of hydrazone groups is 1. The fourth-order valence-electron chi connectivity index (χ4n) is 4.35. The Hall–Kier alpha value is -4.24. The minimum atomic E-state index is -1.09. The van der Waals surface area contributed by atoms with Gasteiger partial charge in [0, 0.05) is 12.8 Å². The van der Waals surface area contributed by atoms with Crippen LogP contribution in [0, 0.1) is 5.41 Å². The maximum Gasteiger partial charge on any atom is 0.335 e. The van der Waals surface area contributed by atoms with E-state index < -0.39 is 17.1 Å². The topological polar surface area (TPSA) is 114 Å². The summed E-state index contributed by atoms with van der Waals surface area (Å²) < 4.78 is 0. The van der Waals surface area contributed by atoms with Crippen LogP contribution in [0.1, 0.15) is 40.4 Å². The largest absolute Gasteiger partial charge is 0.478 e. The number of carbonyl (C=O) groups excluding carboxylic acids is 2. The zero-order valence-electron chi connectivity index (χ0n) is 19.1. The molecule has 0 aromatic heterocycles. The fraction of sp³-hybridized carbons (Fsp3) is 0.148. The van der Waals surface area contributed by atoms with Crippen LogP contribution in [0.4, 0.5) is 5.69 Å². The van der Waals surface area contributed by atoms with E-state index >= 15 is 0 Å². The molecule has 0 bridgehead atoms. The molecule has 1 fully saturated rings. The molecule has 36 heavy (non-hydrogen) atoms. The fourth-order valence-corrected chi connectivity index (χ4v) is 5.32. The third kappa shape index (κ3) is 4.52. The van der Waals surface area contributed by atoms with E-state index in [1.54, 1.807) is 5.01 Å². The molecule has 0 unspecified atom stereocenters. The number of amides is 2. The number of benzene rings is 3. The summed E-state index contributed by atoms with van der Waals surface area (Å²) in [5.41, 5.74) is 3.22. The van der Waals surface area contributed by atoms with Crippen LogP contribution in [0.3, 0.4) is 0 Å². The van der Waals surface area contributed by atoms with Crippen molar-refractivity contribution in [3.63, 3.8) is 0 Å². The predicted molar refractivity (Wildman–Crippen MR) is 138 cm³/mol. The number of amidine groups is 1. The van der Waals surface area contributed by atoms with Crippen molar-refractivity contribution in [3.05, 3.63) is 102 Å². The first kappa shape index (κ1) is 23.5. The predicted octanol–water partition coefficient (Wildman–Crippen LogP) is 4.54. The number of hydrogen-bond acceptors (Lipinski definition) is 6. The molecular formula is C27H22N4O4S. The number of aromatic carboxylic acids is 1. The maximum atomic E-state index is 13.1. The molecule has 3 aromatic carbocycles. The van der Waals surface area contributed by atoms with Crippen molar-refractivity contribution in [2.45, 2.75) is 24.1 Å². The molecule has 0 saturated carbocycles. The smallest absolute Gasteiger partial charge is 0.335 e. The second-order valence-electron chi connectivity index (χ2n) is 8.42. The molecule has 5 rings (SSSR count). The maximum absolute atomic E-state index is 13.1. The zero-order valence-corrected chi connectivity index (χ0v) is 19.9. The van der Waals surface area contributed by atoms with Gasteiger partial charge in [0.2, 0.25) is 11.8 Å². The molecule has 3 aromatic rings. The molecule has 0 radical (unpaired) electrons. The molecule has 2 aliphatic heterocycles. The van der Waals surface area contributed by atoms with Gasteiger partial charge in [-0.15, -0.1) is 0 Å². The van der Waals surface area contributed by atoms with Gasteiger partial charge in [-0.1, -0.05) is 72.4 Å². The summed E-state index contributed by atoms with van der Waals surface area (Å²) in [6.07, 6.45) is 0.558. The molecule has 1 saturated heterocycles. The number of nitrogens with zero attached hydrogens (tertiary/aromatic N) is 3. The van der Waals surface area contributed by atoms with Gasteiger partial charge in [-0.25, -0.2) is 14.7 Å². The van der Waals surface area contributed by atoms with Gasteiger partial charge < -0.3 is 5.11 Å². The summed E-state index contributed by atoms with van der Waals surface area (Å²) in [5.74, 6) is -1.90. The highest BCUT2D eigenvalue weighted by molar-refractivity contribution is 8.14. The molecule has 0 spiro atoms. The summed E-state index contributed by atoms with van der Waals surface area (Å²) in [7, 11) is 0. The van der Waals surface area contributed by atoms with Crippen molar-refractivity contribution in [3.8, 4) is 0 Å². The lowest BCUT2D eigenvalue weighted by Crippen LogP contribution is -2.32. The van der Waals surface area contributed by atoms with Gasteiger partial charge in [0.05, 0.1) is 23.0 Å². The molecule has 9 heteroatoms. The second-order valence-corrected chi connectivity index (χ2v) is 9.61. The highest BCUT2D eigenvalue weighted by atomic mass is 32.2.